The van der Waals surface area contributed by atoms with Crippen LogP contribution in [0.1, 0.15) is 37.3 Å². The van der Waals surface area contributed by atoms with Crippen molar-refractivity contribution in [2.24, 2.45) is 10.9 Å². The van der Waals surface area contributed by atoms with Gasteiger partial charge in [-0.1, -0.05) is 19.0 Å². The Balaban J connectivity index is 1.67. The zero-order valence-corrected chi connectivity index (χ0v) is 16.9. The molecule has 0 N–H and O–H groups in total. The van der Waals surface area contributed by atoms with Gasteiger partial charge in [0.05, 0.1) is 17.7 Å². The maximum atomic E-state index is 12.6. The Kier molecular flexibility index (Phi) is 6.02. The number of hydrogen-bond acceptors (Lipinski definition) is 6. The molecule has 0 radical (unpaired) electrons. The van der Waals surface area contributed by atoms with E-state index in [0.717, 1.165) is 28.3 Å². The number of aromatic nitrogens is 2. The lowest BCUT2D eigenvalue weighted by atomic mass is 10.1. The van der Waals surface area contributed by atoms with Gasteiger partial charge in [0.1, 0.15) is 5.75 Å². The van der Waals surface area contributed by atoms with Crippen LogP contribution in [0.4, 0.5) is 13.2 Å². The summed E-state index contributed by atoms with van der Waals surface area (Å²) in [5.41, 5.74) is 2.06. The van der Waals surface area contributed by atoms with E-state index >= 15 is 0 Å². The third kappa shape index (κ3) is 4.68. The summed E-state index contributed by atoms with van der Waals surface area (Å²) in [6.07, 6.45) is -3.91. The zero-order valence-electron chi connectivity index (χ0n) is 16.1. The van der Waals surface area contributed by atoms with Crippen LogP contribution in [-0.4, -0.2) is 33.6 Å². The average Bonchev–Trinajstić information content (AvgIpc) is 3.26. The minimum atomic E-state index is -4.66. The van der Waals surface area contributed by atoms with Crippen LogP contribution < -0.4 is 4.74 Å². The van der Waals surface area contributed by atoms with E-state index in [-0.39, 0.29) is 5.82 Å². The highest BCUT2D eigenvalue weighted by Gasteiger charge is 2.38. The maximum absolute atomic E-state index is 12.6. The summed E-state index contributed by atoms with van der Waals surface area (Å²) in [7, 11) is 0. The average molecular weight is 413 g/mol. The first-order chi connectivity index (χ1) is 13.1. The number of aryl methyl sites for hydroxylation is 2. The van der Waals surface area contributed by atoms with Crippen molar-refractivity contribution in [3.63, 3.8) is 0 Å². The fourth-order valence-electron chi connectivity index (χ4n) is 2.92. The number of rotatable bonds is 6. The first-order valence-electron chi connectivity index (χ1n) is 9.00. The van der Waals surface area contributed by atoms with Crippen LogP contribution in [0.2, 0.25) is 0 Å². The van der Waals surface area contributed by atoms with Crippen molar-refractivity contribution in [1.82, 2.24) is 10.1 Å². The summed E-state index contributed by atoms with van der Waals surface area (Å²) >= 11 is 1.78. The van der Waals surface area contributed by atoms with Gasteiger partial charge in [-0.15, -0.1) is 11.8 Å². The van der Waals surface area contributed by atoms with Crippen LogP contribution in [0.25, 0.3) is 11.4 Å². The fourth-order valence-corrected chi connectivity index (χ4v) is 4.18. The lowest BCUT2D eigenvalue weighted by Crippen LogP contribution is -2.11. The van der Waals surface area contributed by atoms with Gasteiger partial charge in [-0.2, -0.15) is 18.2 Å². The van der Waals surface area contributed by atoms with Crippen LogP contribution in [0.15, 0.2) is 21.6 Å². The van der Waals surface area contributed by atoms with E-state index in [1.807, 2.05) is 13.8 Å². The number of halogens is 3. The Morgan fingerprint density at radius 3 is 2.46 bits per heavy atom. The lowest BCUT2D eigenvalue weighted by molar-refractivity contribution is -0.159. The molecule has 0 amide bonds. The molecule has 28 heavy (non-hydrogen) atoms. The minimum absolute atomic E-state index is 0.0958. The minimum Gasteiger partial charge on any atom is -0.493 e. The van der Waals surface area contributed by atoms with Crippen LogP contribution >= 0.6 is 11.8 Å². The van der Waals surface area contributed by atoms with Crippen molar-refractivity contribution < 1.29 is 22.4 Å². The van der Waals surface area contributed by atoms with E-state index in [1.54, 1.807) is 23.9 Å². The molecule has 5 nitrogen and oxygen atoms in total. The van der Waals surface area contributed by atoms with Crippen molar-refractivity contribution in [3.05, 3.63) is 29.2 Å². The van der Waals surface area contributed by atoms with Crippen molar-refractivity contribution in [2.45, 2.75) is 46.3 Å². The number of benzene rings is 1. The summed E-state index contributed by atoms with van der Waals surface area (Å²) < 4.78 is 48.2. The number of aliphatic imine (C=N–C) groups is 1. The number of alkyl halides is 3. The molecule has 152 valence electrons. The van der Waals surface area contributed by atoms with Gasteiger partial charge in [-0.25, -0.2) is 0 Å². The molecule has 1 aromatic heterocycles. The lowest BCUT2D eigenvalue weighted by Gasteiger charge is -2.13. The Hall–Kier alpha value is -2.03. The summed E-state index contributed by atoms with van der Waals surface area (Å²) in [6.45, 7) is 8.52. The number of hydrogen-bond donors (Lipinski definition) is 0. The van der Waals surface area contributed by atoms with E-state index in [9.17, 15) is 13.2 Å². The van der Waals surface area contributed by atoms with Crippen molar-refractivity contribution in [1.29, 1.82) is 0 Å². The van der Waals surface area contributed by atoms with Crippen LogP contribution in [-0.2, 0) is 6.18 Å². The SMILES string of the molecule is Cc1cc(-c2noc(C(F)(F)F)n2)cc(C)c1OCCC1=NC(C(C)C)CS1. The van der Waals surface area contributed by atoms with Gasteiger partial charge in [0, 0.05) is 17.7 Å². The van der Waals surface area contributed by atoms with E-state index in [4.69, 9.17) is 9.73 Å². The van der Waals surface area contributed by atoms with Crippen molar-refractivity contribution in [2.75, 3.05) is 12.4 Å². The molecule has 3 rings (SSSR count). The van der Waals surface area contributed by atoms with Gasteiger partial charge in [-0.3, -0.25) is 4.99 Å². The Morgan fingerprint density at radius 1 is 1.25 bits per heavy atom. The zero-order chi connectivity index (χ0) is 20.5. The predicted octanol–water partition coefficient (Wildman–Crippen LogP) is 5.31. The van der Waals surface area contributed by atoms with Crippen LogP contribution in [0.5, 0.6) is 5.75 Å². The molecule has 1 aromatic carbocycles. The number of thioether (sulfide) groups is 1. The molecule has 0 spiro atoms. The van der Waals surface area contributed by atoms with E-state index in [1.165, 1.54) is 0 Å². The van der Waals surface area contributed by atoms with Gasteiger partial charge in [-0.05, 0) is 43.0 Å². The predicted molar refractivity (Wildman–Crippen MR) is 103 cm³/mol. The third-order valence-corrected chi connectivity index (χ3v) is 5.60. The Morgan fingerprint density at radius 2 is 1.93 bits per heavy atom. The highest BCUT2D eigenvalue weighted by molar-refractivity contribution is 8.14. The maximum Gasteiger partial charge on any atom is 0.471 e. The first kappa shape index (κ1) is 20.7. The van der Waals surface area contributed by atoms with Crippen molar-refractivity contribution >= 4 is 16.8 Å². The quantitative estimate of drug-likeness (QED) is 0.642. The molecule has 1 unspecified atom stereocenters. The molecule has 0 fully saturated rings. The van der Waals surface area contributed by atoms with Crippen molar-refractivity contribution in [3.8, 4) is 17.1 Å². The normalized spacial score (nSPS) is 17.3. The second-order valence-electron chi connectivity index (χ2n) is 7.10. The molecular formula is C19H22F3N3O2S. The van der Waals surface area contributed by atoms with Gasteiger partial charge >= 0.3 is 12.1 Å². The number of ether oxygens (including phenoxy) is 1. The van der Waals surface area contributed by atoms with E-state index in [0.29, 0.717) is 29.9 Å². The molecule has 1 atom stereocenters. The van der Waals surface area contributed by atoms with Gasteiger partial charge in [0.2, 0.25) is 5.82 Å². The fraction of sp³-hybridized carbons (Fsp3) is 0.526. The topological polar surface area (TPSA) is 60.5 Å². The molecule has 0 saturated heterocycles. The molecular weight excluding hydrogens is 391 g/mol. The standard InChI is InChI=1S/C19H22F3N3O2S/c1-10(2)14-9-28-15(23-14)5-6-26-16-11(3)7-13(8-12(16)4)17-24-18(27-25-17)19(20,21)22/h7-8,10,14H,5-6,9H2,1-4H3. The van der Waals surface area contributed by atoms with Gasteiger partial charge < -0.3 is 9.26 Å². The molecule has 1 aliphatic heterocycles. The summed E-state index contributed by atoms with van der Waals surface area (Å²) in [5.74, 6) is 0.817. The smallest absolute Gasteiger partial charge is 0.471 e. The highest BCUT2D eigenvalue weighted by atomic mass is 32.2. The Bertz CT molecular complexity index is 855. The summed E-state index contributed by atoms with van der Waals surface area (Å²) in [4.78, 5) is 8.16. The molecule has 1 aliphatic rings. The summed E-state index contributed by atoms with van der Waals surface area (Å²) in [6, 6.07) is 3.77. The largest absolute Gasteiger partial charge is 0.493 e. The molecule has 0 saturated carbocycles. The summed E-state index contributed by atoms with van der Waals surface area (Å²) in [5, 5.41) is 4.54. The second kappa shape index (κ2) is 8.14. The molecule has 9 heteroatoms. The molecule has 0 aliphatic carbocycles. The van der Waals surface area contributed by atoms with Gasteiger partial charge in [0.15, 0.2) is 0 Å². The third-order valence-electron chi connectivity index (χ3n) is 4.45. The van der Waals surface area contributed by atoms with Crippen LogP contribution in [0.3, 0.4) is 0 Å². The van der Waals surface area contributed by atoms with E-state index in [2.05, 4.69) is 28.5 Å². The highest BCUT2D eigenvalue weighted by Crippen LogP contribution is 2.32. The number of nitrogens with zero attached hydrogens (tertiary/aromatic N) is 3. The van der Waals surface area contributed by atoms with E-state index < -0.39 is 12.1 Å². The van der Waals surface area contributed by atoms with Gasteiger partial charge in [0.25, 0.3) is 0 Å². The molecule has 2 heterocycles. The first-order valence-corrected chi connectivity index (χ1v) is 9.98. The molecule has 0 bridgehead atoms. The molecule has 2 aromatic rings. The monoisotopic (exact) mass is 413 g/mol. The second-order valence-corrected chi connectivity index (χ2v) is 8.20. The Labute approximate surface area is 165 Å². The van der Waals surface area contributed by atoms with Crippen LogP contribution in [0, 0.1) is 19.8 Å².